The molecule has 0 aliphatic heterocycles. The van der Waals surface area contributed by atoms with Crippen molar-refractivity contribution in [3.63, 3.8) is 0 Å². The lowest BCUT2D eigenvalue weighted by Crippen LogP contribution is -2.15. The topological polar surface area (TPSA) is 48.2 Å². The maximum absolute atomic E-state index is 13.4. The minimum absolute atomic E-state index is 0.357. The van der Waals surface area contributed by atoms with Gasteiger partial charge in [0.1, 0.15) is 5.69 Å². The van der Waals surface area contributed by atoms with Gasteiger partial charge in [0.2, 0.25) is 5.82 Å². The average Bonchev–Trinajstić information content (AvgIpc) is 2.54. The van der Waals surface area contributed by atoms with Crippen molar-refractivity contribution in [3.8, 4) is 6.19 Å². The second kappa shape index (κ2) is 8.53. The Balaban J connectivity index is 3.14. The maximum atomic E-state index is 13.4. The molecule has 24 heavy (non-hydrogen) atoms. The molecule has 0 heterocycles. The van der Waals surface area contributed by atoms with Crippen molar-refractivity contribution in [3.05, 3.63) is 41.0 Å². The van der Waals surface area contributed by atoms with E-state index in [2.05, 4.69) is 4.99 Å². The van der Waals surface area contributed by atoms with Crippen LogP contribution in [0.1, 0.15) is 6.42 Å². The SMILES string of the molecule is N#CNC(=Nc1c(F)c(F)c(F)c(F)c1F)SCCC(F)=C(F)F. The first-order chi connectivity index (χ1) is 11.2. The van der Waals surface area contributed by atoms with E-state index in [0.717, 1.165) is 0 Å². The van der Waals surface area contributed by atoms with E-state index in [0.29, 0.717) is 11.8 Å². The molecule has 3 nitrogen and oxygen atoms in total. The fourth-order valence-corrected chi connectivity index (χ4v) is 2.02. The molecule has 0 saturated carbocycles. The van der Waals surface area contributed by atoms with Crippen molar-refractivity contribution >= 4 is 22.6 Å². The van der Waals surface area contributed by atoms with Crippen molar-refractivity contribution in [2.24, 2.45) is 4.99 Å². The molecule has 0 spiro atoms. The summed E-state index contributed by atoms with van der Waals surface area (Å²) < 4.78 is 102. The van der Waals surface area contributed by atoms with E-state index < -0.39 is 64.0 Å². The van der Waals surface area contributed by atoms with Gasteiger partial charge in [-0.3, -0.25) is 5.32 Å². The summed E-state index contributed by atoms with van der Waals surface area (Å²) >= 11 is 0.357. The highest BCUT2D eigenvalue weighted by Crippen LogP contribution is 2.30. The van der Waals surface area contributed by atoms with Gasteiger partial charge in [0.15, 0.2) is 40.5 Å². The third-order valence-corrected chi connectivity index (χ3v) is 3.20. The second-order valence-electron chi connectivity index (χ2n) is 3.84. The molecule has 0 saturated heterocycles. The van der Waals surface area contributed by atoms with Crippen LogP contribution in [0.3, 0.4) is 0 Å². The number of allylic oxidation sites excluding steroid dienone is 1. The van der Waals surface area contributed by atoms with Crippen molar-refractivity contribution in [1.29, 1.82) is 5.26 Å². The highest BCUT2D eigenvalue weighted by Gasteiger charge is 2.26. The molecule has 0 amide bonds. The molecule has 1 aromatic carbocycles. The second-order valence-corrected chi connectivity index (χ2v) is 4.92. The monoisotopic (exact) mass is 375 g/mol. The number of benzene rings is 1. The Labute approximate surface area is 133 Å². The molecule has 130 valence electrons. The molecular formula is C12H5F8N3S. The average molecular weight is 375 g/mol. The van der Waals surface area contributed by atoms with Crippen LogP contribution in [-0.2, 0) is 0 Å². The first-order valence-corrected chi connectivity index (χ1v) is 6.76. The van der Waals surface area contributed by atoms with Gasteiger partial charge >= 0.3 is 6.08 Å². The fourth-order valence-electron chi connectivity index (χ4n) is 1.27. The van der Waals surface area contributed by atoms with Crippen LogP contribution in [0.25, 0.3) is 0 Å². The van der Waals surface area contributed by atoms with Gasteiger partial charge in [-0.1, -0.05) is 11.8 Å². The van der Waals surface area contributed by atoms with Gasteiger partial charge in [-0.25, -0.2) is 31.3 Å². The fraction of sp³-hybridized carbons (Fsp3) is 0.167. The molecule has 1 N–H and O–H groups in total. The predicted octanol–water partition coefficient (Wildman–Crippen LogP) is 4.64. The lowest BCUT2D eigenvalue weighted by molar-refractivity contribution is 0.373. The van der Waals surface area contributed by atoms with Crippen molar-refractivity contribution in [1.82, 2.24) is 5.32 Å². The van der Waals surface area contributed by atoms with Crippen molar-refractivity contribution < 1.29 is 35.1 Å². The molecule has 0 atom stereocenters. The number of hydrogen-bond donors (Lipinski definition) is 1. The Morgan fingerprint density at radius 3 is 1.92 bits per heavy atom. The first kappa shape index (κ1) is 19.8. The molecular weight excluding hydrogens is 370 g/mol. The molecule has 0 fully saturated rings. The summed E-state index contributed by atoms with van der Waals surface area (Å²) in [5, 5.41) is 9.54. The lowest BCUT2D eigenvalue weighted by Gasteiger charge is -2.07. The van der Waals surface area contributed by atoms with E-state index in [9.17, 15) is 35.1 Å². The van der Waals surface area contributed by atoms with Crippen LogP contribution < -0.4 is 5.32 Å². The van der Waals surface area contributed by atoms with E-state index in [1.54, 1.807) is 5.32 Å². The van der Waals surface area contributed by atoms with Crippen LogP contribution in [0, 0.1) is 40.5 Å². The quantitative estimate of drug-likeness (QED) is 0.159. The molecule has 0 radical (unpaired) electrons. The van der Waals surface area contributed by atoms with E-state index in [-0.39, 0.29) is 0 Å². The lowest BCUT2D eigenvalue weighted by atomic mass is 10.2. The van der Waals surface area contributed by atoms with E-state index in [1.807, 2.05) is 0 Å². The number of aliphatic imine (C=N–C) groups is 1. The van der Waals surface area contributed by atoms with Crippen LogP contribution in [-0.4, -0.2) is 10.9 Å². The van der Waals surface area contributed by atoms with Gasteiger partial charge in [-0.05, 0) is 0 Å². The first-order valence-electron chi connectivity index (χ1n) is 5.78. The zero-order chi connectivity index (χ0) is 18.4. The van der Waals surface area contributed by atoms with E-state index in [1.165, 1.54) is 6.19 Å². The zero-order valence-electron chi connectivity index (χ0n) is 11.2. The third-order valence-electron chi connectivity index (χ3n) is 2.33. The molecule has 0 aliphatic rings. The van der Waals surface area contributed by atoms with E-state index in [4.69, 9.17) is 5.26 Å². The minimum Gasteiger partial charge on any atom is -0.271 e. The Bertz CT molecular complexity index is 708. The summed E-state index contributed by atoms with van der Waals surface area (Å²) in [4.78, 5) is 3.08. The van der Waals surface area contributed by atoms with Crippen LogP contribution in [0.2, 0.25) is 0 Å². The predicted molar refractivity (Wildman–Crippen MR) is 69.5 cm³/mol. The Morgan fingerprint density at radius 1 is 0.958 bits per heavy atom. The number of hydrogen-bond acceptors (Lipinski definition) is 3. The maximum Gasteiger partial charge on any atom is 0.301 e. The highest BCUT2D eigenvalue weighted by molar-refractivity contribution is 8.13. The van der Waals surface area contributed by atoms with Gasteiger partial charge in [0.05, 0.1) is 0 Å². The number of thioether (sulfide) groups is 1. The Kier molecular flexibility index (Phi) is 7.02. The van der Waals surface area contributed by atoms with Gasteiger partial charge in [0.25, 0.3) is 0 Å². The molecule has 1 aromatic rings. The van der Waals surface area contributed by atoms with Gasteiger partial charge in [-0.15, -0.1) is 0 Å². The van der Waals surface area contributed by atoms with Gasteiger partial charge in [0, 0.05) is 12.2 Å². The summed E-state index contributed by atoms with van der Waals surface area (Å²) in [6.07, 6.45) is -2.11. The number of rotatable bonds is 4. The van der Waals surface area contributed by atoms with Gasteiger partial charge in [-0.2, -0.15) is 14.0 Å². The highest BCUT2D eigenvalue weighted by atomic mass is 32.2. The smallest absolute Gasteiger partial charge is 0.271 e. The number of nitriles is 1. The summed E-state index contributed by atoms with van der Waals surface area (Å²) in [7, 11) is 0. The molecule has 12 heteroatoms. The molecule has 0 unspecified atom stereocenters. The third kappa shape index (κ3) is 4.60. The zero-order valence-corrected chi connectivity index (χ0v) is 12.1. The molecule has 0 aromatic heterocycles. The van der Waals surface area contributed by atoms with Crippen LogP contribution in [0.5, 0.6) is 0 Å². The summed E-state index contributed by atoms with van der Waals surface area (Å²) in [6.45, 7) is 0. The summed E-state index contributed by atoms with van der Waals surface area (Å²) in [5.41, 5.74) is -1.58. The standard InChI is InChI=1S/C12H5F8N3S/c13-4(11(19)20)1-2-24-12(22-3-21)23-10-8(17)6(15)5(14)7(16)9(10)18/h1-2H2,(H,22,23). The van der Waals surface area contributed by atoms with Crippen LogP contribution in [0.15, 0.2) is 16.9 Å². The Morgan fingerprint density at radius 2 is 1.46 bits per heavy atom. The van der Waals surface area contributed by atoms with Crippen LogP contribution >= 0.6 is 11.8 Å². The minimum atomic E-state index is -2.57. The summed E-state index contributed by atoms with van der Waals surface area (Å²) in [6, 6.07) is 0. The molecule has 0 aliphatic carbocycles. The summed E-state index contributed by atoms with van der Waals surface area (Å²) in [5.74, 6) is -13.6. The van der Waals surface area contributed by atoms with E-state index >= 15 is 0 Å². The number of nitrogens with one attached hydrogen (secondary N) is 1. The largest absolute Gasteiger partial charge is 0.301 e. The van der Waals surface area contributed by atoms with Crippen molar-refractivity contribution in [2.75, 3.05) is 5.75 Å². The van der Waals surface area contributed by atoms with Gasteiger partial charge < -0.3 is 0 Å². The number of halogens is 8. The number of amidine groups is 1. The number of nitrogens with zero attached hydrogens (tertiary/aromatic N) is 2. The normalized spacial score (nSPS) is 11.2. The van der Waals surface area contributed by atoms with Crippen LogP contribution in [0.4, 0.5) is 40.8 Å². The molecule has 1 rings (SSSR count). The molecule has 0 bridgehead atoms. The Hall–Kier alpha value is -2.29. The van der Waals surface area contributed by atoms with Crippen molar-refractivity contribution in [2.45, 2.75) is 6.42 Å².